The molecular weight excluding hydrogens is 234 g/mol. The first-order valence-corrected chi connectivity index (χ1v) is 6.77. The van der Waals surface area contributed by atoms with E-state index in [4.69, 9.17) is 14.2 Å². The summed E-state index contributed by atoms with van der Waals surface area (Å²) in [6.07, 6.45) is 4.31. The quantitative estimate of drug-likeness (QED) is 0.458. The van der Waals surface area contributed by atoms with Crippen LogP contribution in [0.25, 0.3) is 0 Å². The molecule has 0 aromatic heterocycles. The van der Waals surface area contributed by atoms with E-state index in [0.717, 1.165) is 19.6 Å². The first-order chi connectivity index (χ1) is 8.83. The SMILES string of the molecule is COCCOCCOC(=O)CCN1CCCCC1. The first kappa shape index (κ1) is 15.4. The summed E-state index contributed by atoms with van der Waals surface area (Å²) in [7, 11) is 1.63. The van der Waals surface area contributed by atoms with Crippen LogP contribution in [0.3, 0.4) is 0 Å². The molecule has 106 valence electrons. The second kappa shape index (κ2) is 10.3. The van der Waals surface area contributed by atoms with E-state index in [1.165, 1.54) is 19.3 Å². The molecule has 0 amide bonds. The second-order valence-electron chi connectivity index (χ2n) is 4.48. The zero-order valence-corrected chi connectivity index (χ0v) is 11.4. The van der Waals surface area contributed by atoms with Crippen LogP contribution < -0.4 is 0 Å². The molecule has 18 heavy (non-hydrogen) atoms. The molecule has 5 heteroatoms. The van der Waals surface area contributed by atoms with Crippen LogP contribution in [0, 0.1) is 0 Å². The topological polar surface area (TPSA) is 48.0 Å². The fraction of sp³-hybridized carbons (Fsp3) is 0.923. The highest BCUT2D eigenvalue weighted by Gasteiger charge is 2.12. The highest BCUT2D eigenvalue weighted by Crippen LogP contribution is 2.08. The van der Waals surface area contributed by atoms with Crippen LogP contribution in [-0.2, 0) is 19.0 Å². The van der Waals surface area contributed by atoms with Gasteiger partial charge in [-0.05, 0) is 25.9 Å². The standard InChI is InChI=1S/C13H25NO4/c1-16-9-10-17-11-12-18-13(15)5-8-14-6-3-2-4-7-14/h2-12H2,1H3. The average Bonchev–Trinajstić information content (AvgIpc) is 2.41. The Morgan fingerprint density at radius 3 is 2.50 bits per heavy atom. The van der Waals surface area contributed by atoms with Gasteiger partial charge in [-0.1, -0.05) is 6.42 Å². The Kier molecular flexibility index (Phi) is 8.81. The lowest BCUT2D eigenvalue weighted by Gasteiger charge is -2.25. The molecule has 0 radical (unpaired) electrons. The summed E-state index contributed by atoms with van der Waals surface area (Å²) in [5.74, 6) is -0.129. The van der Waals surface area contributed by atoms with E-state index in [0.29, 0.717) is 32.8 Å². The number of methoxy groups -OCH3 is 1. The van der Waals surface area contributed by atoms with Crippen molar-refractivity contribution in [3.05, 3.63) is 0 Å². The van der Waals surface area contributed by atoms with Gasteiger partial charge in [0.2, 0.25) is 0 Å². The number of likely N-dealkylation sites (tertiary alicyclic amines) is 1. The number of rotatable bonds is 9. The average molecular weight is 259 g/mol. The minimum Gasteiger partial charge on any atom is -0.463 e. The molecule has 1 aliphatic rings. The van der Waals surface area contributed by atoms with Crippen molar-refractivity contribution in [1.29, 1.82) is 0 Å². The molecule has 0 bridgehead atoms. The van der Waals surface area contributed by atoms with Crippen LogP contribution >= 0.6 is 0 Å². The summed E-state index contributed by atoms with van der Waals surface area (Å²) >= 11 is 0. The largest absolute Gasteiger partial charge is 0.463 e. The van der Waals surface area contributed by atoms with E-state index in [-0.39, 0.29) is 5.97 Å². The zero-order chi connectivity index (χ0) is 13.1. The van der Waals surface area contributed by atoms with E-state index < -0.39 is 0 Å². The Labute approximate surface area is 109 Å². The van der Waals surface area contributed by atoms with Gasteiger partial charge in [0, 0.05) is 13.7 Å². The maximum Gasteiger partial charge on any atom is 0.307 e. The fourth-order valence-electron chi connectivity index (χ4n) is 1.96. The van der Waals surface area contributed by atoms with Gasteiger partial charge < -0.3 is 19.1 Å². The van der Waals surface area contributed by atoms with Gasteiger partial charge in [0.15, 0.2) is 0 Å². The van der Waals surface area contributed by atoms with Gasteiger partial charge >= 0.3 is 5.97 Å². The van der Waals surface area contributed by atoms with Gasteiger partial charge in [0.25, 0.3) is 0 Å². The summed E-state index contributed by atoms with van der Waals surface area (Å²) in [4.78, 5) is 13.8. The van der Waals surface area contributed by atoms with Crippen molar-refractivity contribution in [2.75, 3.05) is 53.2 Å². The summed E-state index contributed by atoms with van der Waals surface area (Å²) in [5, 5.41) is 0. The zero-order valence-electron chi connectivity index (χ0n) is 11.4. The molecule has 1 heterocycles. The molecule has 1 fully saturated rings. The summed E-state index contributed by atoms with van der Waals surface area (Å²) in [6, 6.07) is 0. The molecule has 0 N–H and O–H groups in total. The highest BCUT2D eigenvalue weighted by molar-refractivity contribution is 5.69. The van der Waals surface area contributed by atoms with Crippen LogP contribution in [-0.4, -0.2) is 64.0 Å². The lowest BCUT2D eigenvalue weighted by Crippen LogP contribution is -2.32. The van der Waals surface area contributed by atoms with Crippen LogP contribution in [0.4, 0.5) is 0 Å². The minimum atomic E-state index is -0.129. The number of carbonyl (C=O) groups excluding carboxylic acids is 1. The number of hydrogen-bond donors (Lipinski definition) is 0. The molecule has 0 aromatic carbocycles. The van der Waals surface area contributed by atoms with E-state index in [2.05, 4.69) is 4.90 Å². The third-order valence-electron chi connectivity index (χ3n) is 3.00. The molecule has 0 aliphatic carbocycles. The van der Waals surface area contributed by atoms with E-state index in [1.54, 1.807) is 7.11 Å². The lowest BCUT2D eigenvalue weighted by molar-refractivity contribution is -0.145. The molecule has 1 rings (SSSR count). The second-order valence-corrected chi connectivity index (χ2v) is 4.48. The fourth-order valence-corrected chi connectivity index (χ4v) is 1.96. The molecule has 0 atom stereocenters. The lowest BCUT2D eigenvalue weighted by atomic mass is 10.1. The minimum absolute atomic E-state index is 0.129. The first-order valence-electron chi connectivity index (χ1n) is 6.77. The van der Waals surface area contributed by atoms with Crippen molar-refractivity contribution in [3.63, 3.8) is 0 Å². The number of hydrogen-bond acceptors (Lipinski definition) is 5. The van der Waals surface area contributed by atoms with Crippen molar-refractivity contribution in [3.8, 4) is 0 Å². The molecule has 1 saturated heterocycles. The summed E-state index contributed by atoms with van der Waals surface area (Å²) in [5.41, 5.74) is 0. The Morgan fingerprint density at radius 1 is 1.06 bits per heavy atom. The molecule has 5 nitrogen and oxygen atoms in total. The number of esters is 1. The number of piperidine rings is 1. The maximum atomic E-state index is 11.4. The van der Waals surface area contributed by atoms with Gasteiger partial charge in [-0.15, -0.1) is 0 Å². The Morgan fingerprint density at radius 2 is 1.78 bits per heavy atom. The number of carbonyl (C=O) groups is 1. The number of nitrogens with zero attached hydrogens (tertiary/aromatic N) is 1. The van der Waals surface area contributed by atoms with Gasteiger partial charge in [-0.2, -0.15) is 0 Å². The third kappa shape index (κ3) is 7.63. The van der Waals surface area contributed by atoms with Crippen molar-refractivity contribution >= 4 is 5.97 Å². The van der Waals surface area contributed by atoms with Crippen molar-refractivity contribution in [2.45, 2.75) is 25.7 Å². The van der Waals surface area contributed by atoms with Crippen LogP contribution in [0.1, 0.15) is 25.7 Å². The molecule has 0 saturated carbocycles. The summed E-state index contributed by atoms with van der Waals surface area (Å²) < 4.78 is 15.1. The third-order valence-corrected chi connectivity index (χ3v) is 3.00. The van der Waals surface area contributed by atoms with Crippen LogP contribution in [0.5, 0.6) is 0 Å². The highest BCUT2D eigenvalue weighted by atomic mass is 16.6. The van der Waals surface area contributed by atoms with Crippen molar-refractivity contribution in [2.24, 2.45) is 0 Å². The maximum absolute atomic E-state index is 11.4. The summed E-state index contributed by atoms with van der Waals surface area (Å²) in [6.45, 7) is 4.95. The van der Waals surface area contributed by atoms with Gasteiger partial charge in [-0.3, -0.25) is 4.79 Å². The van der Waals surface area contributed by atoms with Gasteiger partial charge in [0.1, 0.15) is 6.61 Å². The monoisotopic (exact) mass is 259 g/mol. The van der Waals surface area contributed by atoms with Crippen LogP contribution in [0.2, 0.25) is 0 Å². The van der Waals surface area contributed by atoms with Gasteiger partial charge in [-0.25, -0.2) is 0 Å². The molecule has 1 aliphatic heterocycles. The molecule has 0 unspecified atom stereocenters. The van der Waals surface area contributed by atoms with Gasteiger partial charge in [0.05, 0.1) is 26.2 Å². The molecule has 0 spiro atoms. The normalized spacial score (nSPS) is 16.7. The van der Waals surface area contributed by atoms with Crippen molar-refractivity contribution in [1.82, 2.24) is 4.90 Å². The smallest absolute Gasteiger partial charge is 0.307 e. The van der Waals surface area contributed by atoms with Crippen molar-refractivity contribution < 1.29 is 19.0 Å². The van der Waals surface area contributed by atoms with E-state index in [1.807, 2.05) is 0 Å². The van der Waals surface area contributed by atoms with E-state index in [9.17, 15) is 4.79 Å². The van der Waals surface area contributed by atoms with E-state index >= 15 is 0 Å². The predicted octanol–water partition coefficient (Wildman–Crippen LogP) is 1.07. The molecular formula is C13H25NO4. The molecule has 0 aromatic rings. The number of ether oxygens (including phenoxy) is 3. The Bertz CT molecular complexity index is 217. The van der Waals surface area contributed by atoms with Crippen LogP contribution in [0.15, 0.2) is 0 Å². The predicted molar refractivity (Wildman–Crippen MR) is 68.6 cm³/mol. The Balaban J connectivity index is 1.90. The Hall–Kier alpha value is -0.650.